The zero-order chi connectivity index (χ0) is 21.6. The summed E-state index contributed by atoms with van der Waals surface area (Å²) in [5.74, 6) is -0.567. The minimum Gasteiger partial charge on any atom is -0.465 e. The van der Waals surface area contributed by atoms with Crippen molar-refractivity contribution >= 4 is 23.3 Å². The van der Waals surface area contributed by atoms with Crippen molar-refractivity contribution in [3.63, 3.8) is 0 Å². The number of benzodiazepines with no additional fused rings is 1. The number of fused-ring (bicyclic) bond motifs is 1. The van der Waals surface area contributed by atoms with E-state index in [0.717, 1.165) is 42.8 Å². The molecule has 1 atom stereocenters. The van der Waals surface area contributed by atoms with Crippen molar-refractivity contribution < 1.29 is 14.3 Å². The molecule has 0 radical (unpaired) electrons. The van der Waals surface area contributed by atoms with E-state index in [1.54, 1.807) is 11.8 Å². The van der Waals surface area contributed by atoms with Crippen LogP contribution in [-0.4, -0.2) is 61.3 Å². The van der Waals surface area contributed by atoms with Crippen LogP contribution in [0.1, 0.15) is 37.3 Å². The number of esters is 1. The van der Waals surface area contributed by atoms with Crippen molar-refractivity contribution in [2.24, 2.45) is 4.99 Å². The van der Waals surface area contributed by atoms with Gasteiger partial charge in [0.1, 0.15) is 12.6 Å². The molecular weight excluding hydrogens is 390 g/mol. The summed E-state index contributed by atoms with van der Waals surface area (Å²) in [6.45, 7) is 4.45. The fourth-order valence-electron chi connectivity index (χ4n) is 4.32. The molecule has 0 saturated carbocycles. The normalized spacial score (nSPS) is 19.4. The number of nitrogens with zero attached hydrogens (tertiary/aromatic N) is 3. The van der Waals surface area contributed by atoms with Crippen molar-refractivity contribution in [2.45, 2.75) is 32.2 Å². The maximum absolute atomic E-state index is 13.7. The molecule has 2 heterocycles. The topological polar surface area (TPSA) is 62.2 Å². The van der Waals surface area contributed by atoms with Crippen LogP contribution < -0.4 is 4.90 Å². The number of hydrogen-bond donors (Lipinski definition) is 0. The third kappa shape index (κ3) is 4.85. The van der Waals surface area contributed by atoms with Gasteiger partial charge in [0.15, 0.2) is 0 Å². The van der Waals surface area contributed by atoms with Gasteiger partial charge in [-0.2, -0.15) is 0 Å². The van der Waals surface area contributed by atoms with Crippen molar-refractivity contribution in [3.05, 3.63) is 65.7 Å². The molecule has 0 bridgehead atoms. The molecule has 6 heteroatoms. The van der Waals surface area contributed by atoms with Crippen LogP contribution in [0.4, 0.5) is 5.69 Å². The van der Waals surface area contributed by atoms with E-state index < -0.39 is 12.0 Å². The quantitative estimate of drug-likeness (QED) is 0.674. The van der Waals surface area contributed by atoms with E-state index in [2.05, 4.69) is 4.90 Å². The molecule has 0 N–H and O–H groups in total. The number of anilines is 1. The highest BCUT2D eigenvalue weighted by molar-refractivity contribution is 6.20. The van der Waals surface area contributed by atoms with E-state index in [9.17, 15) is 9.59 Å². The van der Waals surface area contributed by atoms with Crippen LogP contribution in [-0.2, 0) is 14.3 Å². The van der Waals surface area contributed by atoms with Crippen LogP contribution in [0.5, 0.6) is 0 Å². The Hall–Kier alpha value is -2.99. The van der Waals surface area contributed by atoms with Crippen molar-refractivity contribution in [3.8, 4) is 0 Å². The molecular formula is C25H29N3O3. The Labute approximate surface area is 183 Å². The van der Waals surface area contributed by atoms with Gasteiger partial charge in [0, 0.05) is 17.7 Å². The predicted molar refractivity (Wildman–Crippen MR) is 122 cm³/mol. The van der Waals surface area contributed by atoms with Gasteiger partial charge in [0.05, 0.1) is 18.0 Å². The first kappa shape index (κ1) is 21.2. The summed E-state index contributed by atoms with van der Waals surface area (Å²) in [5, 5.41) is 0. The van der Waals surface area contributed by atoms with E-state index in [4.69, 9.17) is 9.73 Å². The van der Waals surface area contributed by atoms with Gasteiger partial charge in [-0.25, -0.2) is 0 Å². The number of ether oxygens (including phenoxy) is 1. The smallest absolute Gasteiger partial charge is 0.326 e. The Balaban J connectivity index is 1.77. The molecule has 2 aromatic rings. The van der Waals surface area contributed by atoms with Gasteiger partial charge in [-0.3, -0.25) is 19.5 Å². The molecule has 2 aromatic carbocycles. The number of piperidine rings is 1. The summed E-state index contributed by atoms with van der Waals surface area (Å²) in [5.41, 5.74) is 3.30. The Morgan fingerprint density at radius 2 is 1.74 bits per heavy atom. The van der Waals surface area contributed by atoms with Crippen LogP contribution >= 0.6 is 0 Å². The van der Waals surface area contributed by atoms with E-state index in [0.29, 0.717) is 12.2 Å². The lowest BCUT2D eigenvalue weighted by Gasteiger charge is -2.30. The minimum absolute atomic E-state index is 0.113. The fraction of sp³-hybridized carbons (Fsp3) is 0.400. The second kappa shape index (κ2) is 9.88. The van der Waals surface area contributed by atoms with Crippen molar-refractivity contribution in [1.29, 1.82) is 0 Å². The molecule has 1 fully saturated rings. The Kier molecular flexibility index (Phi) is 6.77. The molecule has 0 aliphatic carbocycles. The van der Waals surface area contributed by atoms with Gasteiger partial charge in [-0.1, -0.05) is 55.0 Å². The maximum atomic E-state index is 13.7. The van der Waals surface area contributed by atoms with Crippen molar-refractivity contribution in [2.75, 3.05) is 37.7 Å². The SMILES string of the molecule is CCOC(=O)CN1C(=O)[C@@H](CN2CCCCC2)N=C(c2ccccc2)c2ccccc21. The lowest BCUT2D eigenvalue weighted by molar-refractivity contribution is -0.142. The standard InChI is InChI=1S/C25H29N3O3/c1-2-31-23(29)18-28-22-14-8-7-13-20(22)24(19-11-5-3-6-12-19)26-21(25(28)30)17-27-15-9-4-10-16-27/h3,5-8,11-14,21H,2,4,9-10,15-18H2,1H3/t21-/m1/s1. The number of benzene rings is 2. The Bertz CT molecular complexity index is 951. The number of carbonyl (C=O) groups is 2. The summed E-state index contributed by atoms with van der Waals surface area (Å²) < 4.78 is 5.16. The molecule has 31 heavy (non-hydrogen) atoms. The second-order valence-electron chi connectivity index (χ2n) is 7.97. The number of para-hydroxylation sites is 1. The molecule has 1 amide bonds. The largest absolute Gasteiger partial charge is 0.465 e. The van der Waals surface area contributed by atoms with Gasteiger partial charge in [0.25, 0.3) is 5.91 Å². The monoisotopic (exact) mass is 419 g/mol. The molecule has 6 nitrogen and oxygen atoms in total. The highest BCUT2D eigenvalue weighted by atomic mass is 16.5. The summed E-state index contributed by atoms with van der Waals surface area (Å²) in [6.07, 6.45) is 3.51. The van der Waals surface area contributed by atoms with Gasteiger partial charge in [0.2, 0.25) is 0 Å². The number of rotatable bonds is 6. The van der Waals surface area contributed by atoms with E-state index in [-0.39, 0.29) is 19.1 Å². The van der Waals surface area contributed by atoms with E-state index >= 15 is 0 Å². The molecule has 0 aromatic heterocycles. The van der Waals surface area contributed by atoms with E-state index in [1.165, 1.54) is 6.42 Å². The van der Waals surface area contributed by atoms with Crippen LogP contribution in [0.25, 0.3) is 0 Å². The summed E-state index contributed by atoms with van der Waals surface area (Å²) in [4.78, 5) is 34.9. The Morgan fingerprint density at radius 3 is 2.48 bits per heavy atom. The lowest BCUT2D eigenvalue weighted by Crippen LogP contribution is -2.47. The fourth-order valence-corrected chi connectivity index (χ4v) is 4.32. The van der Waals surface area contributed by atoms with Crippen LogP contribution in [0.2, 0.25) is 0 Å². The first-order valence-electron chi connectivity index (χ1n) is 11.1. The van der Waals surface area contributed by atoms with Crippen LogP contribution in [0, 0.1) is 0 Å². The second-order valence-corrected chi connectivity index (χ2v) is 7.97. The van der Waals surface area contributed by atoms with Gasteiger partial charge in [-0.15, -0.1) is 0 Å². The first-order chi connectivity index (χ1) is 15.2. The predicted octanol–water partition coefficient (Wildman–Crippen LogP) is 3.29. The average Bonchev–Trinajstić information content (AvgIpc) is 2.91. The van der Waals surface area contributed by atoms with Crippen LogP contribution in [0.15, 0.2) is 59.6 Å². The summed E-state index contributed by atoms with van der Waals surface area (Å²) in [6, 6.07) is 17.0. The lowest BCUT2D eigenvalue weighted by atomic mass is 10.0. The minimum atomic E-state index is -0.574. The highest BCUT2D eigenvalue weighted by Crippen LogP contribution is 2.29. The summed E-state index contributed by atoms with van der Waals surface area (Å²) >= 11 is 0. The molecule has 2 aliphatic rings. The van der Waals surface area contributed by atoms with Gasteiger partial charge in [-0.05, 0) is 38.9 Å². The number of amides is 1. The molecule has 162 valence electrons. The maximum Gasteiger partial charge on any atom is 0.326 e. The molecule has 4 rings (SSSR count). The Morgan fingerprint density at radius 1 is 1.03 bits per heavy atom. The zero-order valence-electron chi connectivity index (χ0n) is 18.0. The third-order valence-electron chi connectivity index (χ3n) is 5.81. The number of carbonyl (C=O) groups excluding carboxylic acids is 2. The van der Waals surface area contributed by atoms with Crippen LogP contribution in [0.3, 0.4) is 0 Å². The molecule has 2 aliphatic heterocycles. The molecule has 0 spiro atoms. The molecule has 1 saturated heterocycles. The molecule has 0 unspecified atom stereocenters. The number of aliphatic imine (C=N–C) groups is 1. The zero-order valence-corrected chi connectivity index (χ0v) is 18.0. The average molecular weight is 420 g/mol. The van der Waals surface area contributed by atoms with Crippen molar-refractivity contribution in [1.82, 2.24) is 4.90 Å². The number of likely N-dealkylation sites (tertiary alicyclic amines) is 1. The highest BCUT2D eigenvalue weighted by Gasteiger charge is 2.34. The van der Waals surface area contributed by atoms with Gasteiger partial charge < -0.3 is 9.64 Å². The number of hydrogen-bond acceptors (Lipinski definition) is 5. The summed E-state index contributed by atoms with van der Waals surface area (Å²) in [7, 11) is 0. The third-order valence-corrected chi connectivity index (χ3v) is 5.81. The van der Waals surface area contributed by atoms with E-state index in [1.807, 2.05) is 54.6 Å². The van der Waals surface area contributed by atoms with Gasteiger partial charge >= 0.3 is 5.97 Å². The first-order valence-corrected chi connectivity index (χ1v) is 11.1.